The maximum atomic E-state index is 14.2. The van der Waals surface area contributed by atoms with Gasteiger partial charge in [-0.3, -0.25) is 14.3 Å². The maximum Gasteiger partial charge on any atom is 0.573 e. The summed E-state index contributed by atoms with van der Waals surface area (Å²) < 4.78 is 57.4. The van der Waals surface area contributed by atoms with Crippen molar-refractivity contribution in [3.05, 3.63) is 53.6 Å². The fraction of sp³-hybridized carbons (Fsp3) is 0.333. The molecule has 14 heteroatoms. The SMILES string of the molecule is O=Cc1cn(CCC(F)Cn2cc(C(=O)NCc3cccc(OC(F)(F)F)c3)nn2)nn1. The van der Waals surface area contributed by atoms with Gasteiger partial charge in [0.2, 0.25) is 0 Å². The highest BCUT2D eigenvalue weighted by Gasteiger charge is 2.31. The highest BCUT2D eigenvalue weighted by molar-refractivity contribution is 5.91. The number of ether oxygens (including phenoxy) is 1. The Labute approximate surface area is 178 Å². The normalized spacial score (nSPS) is 12.4. The van der Waals surface area contributed by atoms with Crippen molar-refractivity contribution in [2.45, 2.75) is 38.6 Å². The van der Waals surface area contributed by atoms with Crippen LogP contribution in [0.25, 0.3) is 0 Å². The lowest BCUT2D eigenvalue weighted by atomic mass is 10.2. The number of nitrogens with one attached hydrogen (secondary N) is 1. The standard InChI is InChI=1S/C18H17F4N7O3/c19-13(4-5-28-9-14(11-30)24-26-28)8-29-10-16(25-27-29)17(31)23-7-12-2-1-3-15(6-12)32-18(20,21)22/h1-3,6,9-11,13H,4-5,7-8H2,(H,23,31). The number of nitrogens with zero attached hydrogens (tertiary/aromatic N) is 6. The predicted molar refractivity (Wildman–Crippen MR) is 99.2 cm³/mol. The van der Waals surface area contributed by atoms with Gasteiger partial charge in [-0.1, -0.05) is 22.6 Å². The van der Waals surface area contributed by atoms with Crippen molar-refractivity contribution in [1.29, 1.82) is 0 Å². The lowest BCUT2D eigenvalue weighted by Gasteiger charge is -2.10. The minimum absolute atomic E-state index is 0.0688. The molecule has 2 aromatic heterocycles. The van der Waals surface area contributed by atoms with Gasteiger partial charge in [0.05, 0.1) is 18.9 Å². The molecule has 32 heavy (non-hydrogen) atoms. The highest BCUT2D eigenvalue weighted by atomic mass is 19.4. The number of hydrogen-bond acceptors (Lipinski definition) is 7. The summed E-state index contributed by atoms with van der Waals surface area (Å²) in [5.74, 6) is -1.03. The van der Waals surface area contributed by atoms with E-state index in [-0.39, 0.29) is 37.4 Å². The maximum absolute atomic E-state index is 14.2. The quantitative estimate of drug-likeness (QED) is 0.367. The zero-order valence-corrected chi connectivity index (χ0v) is 16.4. The molecule has 1 aromatic carbocycles. The first kappa shape index (κ1) is 22.8. The number of rotatable bonds is 10. The molecule has 3 aromatic rings. The van der Waals surface area contributed by atoms with E-state index in [1.807, 2.05) is 0 Å². The molecule has 170 valence electrons. The predicted octanol–water partition coefficient (Wildman–Crippen LogP) is 1.94. The summed E-state index contributed by atoms with van der Waals surface area (Å²) in [6, 6.07) is 5.16. The summed E-state index contributed by atoms with van der Waals surface area (Å²) >= 11 is 0. The van der Waals surface area contributed by atoms with E-state index in [0.29, 0.717) is 11.8 Å². The van der Waals surface area contributed by atoms with Gasteiger partial charge in [0.15, 0.2) is 12.0 Å². The van der Waals surface area contributed by atoms with Crippen molar-refractivity contribution < 1.29 is 31.9 Å². The Morgan fingerprint density at radius 2 is 1.97 bits per heavy atom. The van der Waals surface area contributed by atoms with Crippen molar-refractivity contribution >= 4 is 12.2 Å². The highest BCUT2D eigenvalue weighted by Crippen LogP contribution is 2.23. The average molecular weight is 455 g/mol. The van der Waals surface area contributed by atoms with E-state index >= 15 is 0 Å². The van der Waals surface area contributed by atoms with Crippen molar-refractivity contribution in [1.82, 2.24) is 35.3 Å². The Balaban J connectivity index is 1.47. The molecule has 0 saturated heterocycles. The van der Waals surface area contributed by atoms with Crippen LogP contribution in [0, 0.1) is 0 Å². The van der Waals surface area contributed by atoms with E-state index in [0.717, 1.165) is 16.8 Å². The van der Waals surface area contributed by atoms with E-state index < -0.39 is 24.2 Å². The number of carbonyl (C=O) groups is 2. The molecule has 0 aliphatic heterocycles. The molecule has 0 radical (unpaired) electrons. The van der Waals surface area contributed by atoms with Gasteiger partial charge in [-0.2, -0.15) is 0 Å². The van der Waals surface area contributed by atoms with Crippen LogP contribution in [0.1, 0.15) is 33.0 Å². The minimum Gasteiger partial charge on any atom is -0.406 e. The van der Waals surface area contributed by atoms with Crippen LogP contribution >= 0.6 is 0 Å². The Morgan fingerprint density at radius 1 is 1.19 bits per heavy atom. The van der Waals surface area contributed by atoms with Gasteiger partial charge < -0.3 is 10.1 Å². The van der Waals surface area contributed by atoms with Gasteiger partial charge >= 0.3 is 6.36 Å². The fourth-order valence-electron chi connectivity index (χ4n) is 2.66. The zero-order chi connectivity index (χ0) is 23.1. The third-order valence-electron chi connectivity index (χ3n) is 4.09. The van der Waals surface area contributed by atoms with Crippen molar-refractivity contribution in [2.24, 2.45) is 0 Å². The molecule has 1 unspecified atom stereocenters. The molecule has 1 atom stereocenters. The number of aryl methyl sites for hydroxylation is 1. The molecule has 0 saturated carbocycles. The van der Waals surface area contributed by atoms with Crippen LogP contribution in [0.15, 0.2) is 36.7 Å². The number of hydrogen-bond donors (Lipinski definition) is 1. The number of halogens is 4. The second-order valence-corrected chi connectivity index (χ2v) is 6.61. The van der Waals surface area contributed by atoms with E-state index in [1.165, 1.54) is 29.2 Å². The number of aldehydes is 1. The molecular weight excluding hydrogens is 438 g/mol. The third-order valence-corrected chi connectivity index (χ3v) is 4.09. The summed E-state index contributed by atoms with van der Waals surface area (Å²) in [7, 11) is 0. The molecule has 0 fully saturated rings. The molecular formula is C18H17F4N7O3. The number of aromatic nitrogens is 6. The first-order valence-electron chi connectivity index (χ1n) is 9.24. The second kappa shape index (κ2) is 9.98. The smallest absolute Gasteiger partial charge is 0.406 e. The molecule has 0 aliphatic carbocycles. The van der Waals surface area contributed by atoms with Crippen molar-refractivity contribution in [3.8, 4) is 5.75 Å². The lowest BCUT2D eigenvalue weighted by molar-refractivity contribution is -0.274. The molecule has 0 bridgehead atoms. The van der Waals surface area contributed by atoms with Crippen LogP contribution in [0.4, 0.5) is 17.6 Å². The molecule has 2 heterocycles. The van der Waals surface area contributed by atoms with E-state index in [1.54, 1.807) is 0 Å². The first-order valence-corrected chi connectivity index (χ1v) is 9.24. The number of benzene rings is 1. The van der Waals surface area contributed by atoms with Gasteiger partial charge in [-0.15, -0.1) is 23.4 Å². The number of alkyl halides is 4. The van der Waals surface area contributed by atoms with E-state index in [4.69, 9.17) is 0 Å². The number of amides is 1. The van der Waals surface area contributed by atoms with Crippen LogP contribution in [-0.2, 0) is 19.6 Å². The largest absolute Gasteiger partial charge is 0.573 e. The van der Waals surface area contributed by atoms with Gasteiger partial charge in [0.1, 0.15) is 17.6 Å². The average Bonchev–Trinajstić information content (AvgIpc) is 3.39. The van der Waals surface area contributed by atoms with Gasteiger partial charge in [0.25, 0.3) is 5.91 Å². The van der Waals surface area contributed by atoms with Crippen molar-refractivity contribution in [2.75, 3.05) is 0 Å². The lowest BCUT2D eigenvalue weighted by Crippen LogP contribution is -2.23. The van der Waals surface area contributed by atoms with Gasteiger partial charge in [0, 0.05) is 19.5 Å². The molecule has 1 N–H and O–H groups in total. The second-order valence-electron chi connectivity index (χ2n) is 6.61. The molecule has 0 spiro atoms. The summed E-state index contributed by atoms with van der Waals surface area (Å²) in [5, 5.41) is 17.1. The van der Waals surface area contributed by atoms with Crippen molar-refractivity contribution in [3.63, 3.8) is 0 Å². The van der Waals surface area contributed by atoms with Crippen LogP contribution in [0.5, 0.6) is 5.75 Å². The zero-order valence-electron chi connectivity index (χ0n) is 16.4. The molecule has 10 nitrogen and oxygen atoms in total. The van der Waals surface area contributed by atoms with Crippen LogP contribution in [0.2, 0.25) is 0 Å². The fourth-order valence-corrected chi connectivity index (χ4v) is 2.66. The Bertz CT molecular complexity index is 1070. The van der Waals surface area contributed by atoms with E-state index in [2.05, 4.69) is 30.7 Å². The van der Waals surface area contributed by atoms with Gasteiger partial charge in [-0.05, 0) is 17.7 Å². The molecule has 1 amide bonds. The van der Waals surface area contributed by atoms with E-state index in [9.17, 15) is 27.2 Å². The monoisotopic (exact) mass is 455 g/mol. The number of carbonyl (C=O) groups excluding carboxylic acids is 2. The van der Waals surface area contributed by atoms with Crippen LogP contribution in [-0.4, -0.2) is 54.7 Å². The first-order chi connectivity index (χ1) is 15.2. The third kappa shape index (κ3) is 6.85. The summed E-state index contributed by atoms with van der Waals surface area (Å²) in [4.78, 5) is 22.8. The van der Waals surface area contributed by atoms with Crippen LogP contribution in [0.3, 0.4) is 0 Å². The molecule has 0 aliphatic rings. The Kier molecular flexibility index (Phi) is 7.12. The Morgan fingerprint density at radius 3 is 2.69 bits per heavy atom. The summed E-state index contributed by atoms with van der Waals surface area (Å²) in [6.07, 6.45) is -2.89. The summed E-state index contributed by atoms with van der Waals surface area (Å²) in [6.45, 7) is -0.0410. The van der Waals surface area contributed by atoms with Crippen LogP contribution < -0.4 is 10.1 Å². The topological polar surface area (TPSA) is 117 Å². The molecule has 3 rings (SSSR count). The minimum atomic E-state index is -4.82. The Hall–Kier alpha value is -3.84. The van der Waals surface area contributed by atoms with Gasteiger partial charge in [-0.25, -0.2) is 9.07 Å². The summed E-state index contributed by atoms with van der Waals surface area (Å²) in [5.41, 5.74) is 0.445.